The monoisotopic (exact) mass is 178 g/mol. The molecular weight excluding hydrogens is 160 g/mol. The second-order valence-corrected chi connectivity index (χ2v) is 4.09. The highest BCUT2D eigenvalue weighted by atomic mass is 32.2. The first-order valence-electron chi connectivity index (χ1n) is 4.02. The van der Waals surface area contributed by atoms with Crippen molar-refractivity contribution in [1.82, 2.24) is 0 Å². The Morgan fingerprint density at radius 1 is 1.55 bits per heavy atom. The average Bonchev–Trinajstić information content (AvgIpc) is 2.01. The maximum Gasteiger partial charge on any atom is 0.0472 e. The van der Waals surface area contributed by atoms with Gasteiger partial charge in [-0.25, -0.2) is 0 Å². The number of thioether (sulfide) groups is 1. The second kappa shape index (κ2) is 8.37. The van der Waals surface area contributed by atoms with E-state index in [4.69, 9.17) is 9.84 Å². The summed E-state index contributed by atoms with van der Waals surface area (Å²) in [7, 11) is 1.73. The van der Waals surface area contributed by atoms with E-state index in [1.165, 1.54) is 0 Å². The van der Waals surface area contributed by atoms with E-state index in [2.05, 4.69) is 6.92 Å². The standard InChI is InChI=1S/C8H18O2S/c1-8(4-6-10-2)11-7-3-5-9/h8-9H,3-7H2,1-2H3. The van der Waals surface area contributed by atoms with Gasteiger partial charge in [-0.1, -0.05) is 6.92 Å². The summed E-state index contributed by atoms with van der Waals surface area (Å²) < 4.78 is 4.96. The first-order valence-corrected chi connectivity index (χ1v) is 5.07. The predicted molar refractivity (Wildman–Crippen MR) is 50.1 cm³/mol. The second-order valence-electron chi connectivity index (χ2n) is 2.54. The van der Waals surface area contributed by atoms with Crippen LogP contribution in [0.3, 0.4) is 0 Å². The highest BCUT2D eigenvalue weighted by Crippen LogP contribution is 2.14. The molecule has 0 heterocycles. The average molecular weight is 178 g/mol. The van der Waals surface area contributed by atoms with E-state index < -0.39 is 0 Å². The lowest BCUT2D eigenvalue weighted by Crippen LogP contribution is -2.02. The fraction of sp³-hybridized carbons (Fsp3) is 1.00. The molecule has 0 radical (unpaired) electrons. The maximum absolute atomic E-state index is 8.52. The molecule has 68 valence electrons. The van der Waals surface area contributed by atoms with E-state index in [0.29, 0.717) is 11.9 Å². The number of hydrogen-bond donors (Lipinski definition) is 1. The van der Waals surface area contributed by atoms with Crippen molar-refractivity contribution in [3.05, 3.63) is 0 Å². The number of rotatable bonds is 7. The molecule has 0 saturated carbocycles. The molecule has 0 aromatic carbocycles. The molecule has 0 saturated heterocycles. The van der Waals surface area contributed by atoms with Crippen LogP contribution in [-0.4, -0.2) is 36.4 Å². The van der Waals surface area contributed by atoms with Crippen LogP contribution >= 0.6 is 11.8 Å². The Morgan fingerprint density at radius 2 is 2.27 bits per heavy atom. The molecule has 0 aromatic rings. The number of hydrogen-bond acceptors (Lipinski definition) is 3. The fourth-order valence-electron chi connectivity index (χ4n) is 0.716. The van der Waals surface area contributed by atoms with Gasteiger partial charge in [0, 0.05) is 25.6 Å². The van der Waals surface area contributed by atoms with E-state index >= 15 is 0 Å². The van der Waals surface area contributed by atoms with Crippen molar-refractivity contribution in [2.45, 2.75) is 25.0 Å². The third-order valence-corrected chi connectivity index (χ3v) is 2.76. The Morgan fingerprint density at radius 3 is 2.82 bits per heavy atom. The van der Waals surface area contributed by atoms with Crippen molar-refractivity contribution in [2.75, 3.05) is 26.1 Å². The third-order valence-electron chi connectivity index (χ3n) is 1.43. The zero-order valence-corrected chi connectivity index (χ0v) is 8.19. The largest absolute Gasteiger partial charge is 0.396 e. The summed E-state index contributed by atoms with van der Waals surface area (Å²) in [6.07, 6.45) is 2.01. The molecule has 0 aliphatic heterocycles. The molecule has 0 rings (SSSR count). The van der Waals surface area contributed by atoms with E-state index in [1.807, 2.05) is 11.8 Å². The van der Waals surface area contributed by atoms with Crippen molar-refractivity contribution in [1.29, 1.82) is 0 Å². The van der Waals surface area contributed by atoms with E-state index in [0.717, 1.165) is 25.2 Å². The first kappa shape index (κ1) is 11.3. The summed E-state index contributed by atoms with van der Waals surface area (Å²) >= 11 is 1.90. The van der Waals surface area contributed by atoms with Gasteiger partial charge in [-0.2, -0.15) is 11.8 Å². The van der Waals surface area contributed by atoms with Crippen LogP contribution in [-0.2, 0) is 4.74 Å². The van der Waals surface area contributed by atoms with Crippen LogP contribution < -0.4 is 0 Å². The molecule has 0 amide bonds. The van der Waals surface area contributed by atoms with Gasteiger partial charge in [-0.05, 0) is 18.6 Å². The minimum absolute atomic E-state index is 0.310. The summed E-state index contributed by atoms with van der Waals surface area (Å²) in [6.45, 7) is 3.35. The van der Waals surface area contributed by atoms with Gasteiger partial charge in [0.05, 0.1) is 0 Å². The minimum atomic E-state index is 0.310. The SMILES string of the molecule is COCCC(C)SCCCO. The molecule has 0 bridgehead atoms. The normalized spacial score (nSPS) is 13.4. The van der Waals surface area contributed by atoms with Crippen LogP contribution in [0.25, 0.3) is 0 Å². The van der Waals surface area contributed by atoms with Crippen molar-refractivity contribution < 1.29 is 9.84 Å². The van der Waals surface area contributed by atoms with Crippen molar-refractivity contribution >= 4 is 11.8 Å². The number of aliphatic hydroxyl groups excluding tert-OH is 1. The van der Waals surface area contributed by atoms with E-state index in [9.17, 15) is 0 Å². The minimum Gasteiger partial charge on any atom is -0.396 e. The number of methoxy groups -OCH3 is 1. The third kappa shape index (κ3) is 8.17. The van der Waals surface area contributed by atoms with Gasteiger partial charge in [-0.3, -0.25) is 0 Å². The van der Waals surface area contributed by atoms with Gasteiger partial charge in [0.2, 0.25) is 0 Å². The molecule has 3 heteroatoms. The summed E-state index contributed by atoms with van der Waals surface area (Å²) in [5, 5.41) is 9.17. The Hall–Kier alpha value is 0.270. The molecule has 2 nitrogen and oxygen atoms in total. The molecule has 1 N–H and O–H groups in total. The Balaban J connectivity index is 3.02. The van der Waals surface area contributed by atoms with E-state index in [1.54, 1.807) is 7.11 Å². The van der Waals surface area contributed by atoms with Crippen LogP contribution in [0.2, 0.25) is 0 Å². The fourth-order valence-corrected chi connectivity index (χ4v) is 1.68. The molecule has 11 heavy (non-hydrogen) atoms. The van der Waals surface area contributed by atoms with Gasteiger partial charge >= 0.3 is 0 Å². The Bertz CT molecular complexity index is 78.5. The molecule has 0 aromatic heterocycles. The molecule has 0 spiro atoms. The summed E-state index contributed by atoms with van der Waals surface area (Å²) in [5.41, 5.74) is 0. The van der Waals surface area contributed by atoms with Crippen LogP contribution in [0, 0.1) is 0 Å². The van der Waals surface area contributed by atoms with E-state index in [-0.39, 0.29) is 0 Å². The lowest BCUT2D eigenvalue weighted by molar-refractivity contribution is 0.195. The van der Waals surface area contributed by atoms with Crippen LogP contribution in [0.1, 0.15) is 19.8 Å². The zero-order valence-electron chi connectivity index (χ0n) is 7.38. The topological polar surface area (TPSA) is 29.5 Å². The smallest absolute Gasteiger partial charge is 0.0472 e. The quantitative estimate of drug-likeness (QED) is 0.599. The summed E-state index contributed by atoms with van der Waals surface area (Å²) in [6, 6.07) is 0. The summed E-state index contributed by atoms with van der Waals surface area (Å²) in [5.74, 6) is 1.06. The lowest BCUT2D eigenvalue weighted by atomic mass is 10.3. The van der Waals surface area contributed by atoms with Crippen molar-refractivity contribution in [2.24, 2.45) is 0 Å². The lowest BCUT2D eigenvalue weighted by Gasteiger charge is -2.08. The Kier molecular flexibility index (Phi) is 8.57. The molecular formula is C8H18O2S. The van der Waals surface area contributed by atoms with Crippen LogP contribution in [0.4, 0.5) is 0 Å². The van der Waals surface area contributed by atoms with Crippen LogP contribution in [0.15, 0.2) is 0 Å². The first-order chi connectivity index (χ1) is 5.31. The van der Waals surface area contributed by atoms with Crippen molar-refractivity contribution in [3.8, 4) is 0 Å². The maximum atomic E-state index is 8.52. The molecule has 0 fully saturated rings. The Labute approximate surface area is 73.3 Å². The number of ether oxygens (including phenoxy) is 1. The molecule has 1 atom stereocenters. The van der Waals surface area contributed by atoms with Crippen molar-refractivity contribution in [3.63, 3.8) is 0 Å². The zero-order chi connectivity index (χ0) is 8.53. The molecule has 1 unspecified atom stereocenters. The van der Waals surface area contributed by atoms with Gasteiger partial charge in [-0.15, -0.1) is 0 Å². The van der Waals surface area contributed by atoms with Gasteiger partial charge in [0.25, 0.3) is 0 Å². The molecule has 0 aliphatic rings. The van der Waals surface area contributed by atoms with Gasteiger partial charge < -0.3 is 9.84 Å². The highest BCUT2D eigenvalue weighted by Gasteiger charge is 2.00. The van der Waals surface area contributed by atoms with Crippen LogP contribution in [0.5, 0.6) is 0 Å². The summed E-state index contributed by atoms with van der Waals surface area (Å²) in [4.78, 5) is 0. The number of aliphatic hydroxyl groups is 1. The van der Waals surface area contributed by atoms with Gasteiger partial charge in [0.1, 0.15) is 0 Å². The highest BCUT2D eigenvalue weighted by molar-refractivity contribution is 7.99. The predicted octanol–water partition coefficient (Wildman–Crippen LogP) is 1.53. The van der Waals surface area contributed by atoms with Gasteiger partial charge in [0.15, 0.2) is 0 Å². The molecule has 0 aliphatic carbocycles.